The monoisotopic (exact) mass is 487 g/mol. The van der Waals surface area contributed by atoms with Gasteiger partial charge in [0, 0.05) is 62.3 Å². The van der Waals surface area contributed by atoms with Gasteiger partial charge < -0.3 is 14.9 Å². The first kappa shape index (κ1) is 23.7. The van der Waals surface area contributed by atoms with Crippen molar-refractivity contribution in [1.82, 2.24) is 19.7 Å². The molecule has 0 atom stereocenters. The number of likely N-dealkylation sites (tertiary alicyclic amines) is 1. The van der Waals surface area contributed by atoms with Crippen LogP contribution in [-0.4, -0.2) is 75.0 Å². The summed E-state index contributed by atoms with van der Waals surface area (Å²) < 4.78 is 0. The molecule has 9 nitrogen and oxygen atoms in total. The first-order valence-electron chi connectivity index (χ1n) is 12.3. The summed E-state index contributed by atoms with van der Waals surface area (Å²) in [5, 5.41) is 22.2. The van der Waals surface area contributed by atoms with Crippen molar-refractivity contribution in [1.29, 1.82) is 0 Å². The van der Waals surface area contributed by atoms with E-state index in [9.17, 15) is 20.0 Å². The fraction of sp³-hybridized carbons (Fsp3) is 0.333. The average molecular weight is 488 g/mol. The zero-order valence-electron chi connectivity index (χ0n) is 20.0. The molecule has 0 saturated carbocycles. The molecular weight excluding hydrogens is 458 g/mol. The number of piperazine rings is 1. The maximum atomic E-state index is 12.5. The Kier molecular flexibility index (Phi) is 6.81. The lowest BCUT2D eigenvalue weighted by atomic mass is 9.96. The Morgan fingerprint density at radius 3 is 2.25 bits per heavy atom. The number of carbonyl (C=O) groups is 1. The van der Waals surface area contributed by atoms with E-state index in [-0.39, 0.29) is 10.5 Å². The lowest BCUT2D eigenvalue weighted by Crippen LogP contribution is -2.48. The molecule has 0 spiro atoms. The van der Waals surface area contributed by atoms with Crippen molar-refractivity contribution in [3.8, 4) is 11.3 Å². The van der Waals surface area contributed by atoms with Crippen LogP contribution in [0.25, 0.3) is 22.2 Å². The zero-order valence-corrected chi connectivity index (χ0v) is 20.0. The molecule has 3 aromatic rings. The van der Waals surface area contributed by atoms with Gasteiger partial charge in [0.05, 0.1) is 21.7 Å². The van der Waals surface area contributed by atoms with Crippen molar-refractivity contribution in [2.75, 3.05) is 39.3 Å². The maximum absolute atomic E-state index is 12.5. The smallest absolute Gasteiger partial charge is 0.336 e. The van der Waals surface area contributed by atoms with Crippen molar-refractivity contribution in [2.24, 2.45) is 0 Å². The van der Waals surface area contributed by atoms with Crippen LogP contribution in [0.15, 0.2) is 66.6 Å². The number of hydrogen-bond acceptors (Lipinski definition) is 7. The summed E-state index contributed by atoms with van der Waals surface area (Å²) >= 11 is 0. The van der Waals surface area contributed by atoms with E-state index >= 15 is 0 Å². The van der Waals surface area contributed by atoms with Crippen LogP contribution < -0.4 is 0 Å². The minimum atomic E-state index is -0.968. The van der Waals surface area contributed by atoms with Crippen LogP contribution in [0.2, 0.25) is 0 Å². The van der Waals surface area contributed by atoms with E-state index in [1.165, 1.54) is 0 Å². The molecule has 0 aliphatic carbocycles. The molecule has 3 heterocycles. The van der Waals surface area contributed by atoms with Crippen LogP contribution in [0.1, 0.15) is 28.8 Å². The summed E-state index contributed by atoms with van der Waals surface area (Å²) in [4.78, 5) is 34.7. The largest absolute Gasteiger partial charge is 0.478 e. The van der Waals surface area contributed by atoms with Gasteiger partial charge in [0.15, 0.2) is 5.82 Å². The average Bonchev–Trinajstić information content (AvgIpc) is 3.42. The summed E-state index contributed by atoms with van der Waals surface area (Å²) in [6.45, 7) is 4.73. The number of nitrogens with zero attached hydrogens (tertiary/aromatic N) is 5. The summed E-state index contributed by atoms with van der Waals surface area (Å²) in [6.07, 6.45) is 3.22. The van der Waals surface area contributed by atoms with E-state index in [1.54, 1.807) is 0 Å². The van der Waals surface area contributed by atoms with Crippen LogP contribution in [0, 0.1) is 10.1 Å². The summed E-state index contributed by atoms with van der Waals surface area (Å²) in [5.41, 5.74) is 3.20. The highest BCUT2D eigenvalue weighted by Crippen LogP contribution is 2.32. The molecule has 0 radical (unpaired) electrons. The predicted molar refractivity (Wildman–Crippen MR) is 137 cm³/mol. The maximum Gasteiger partial charge on any atom is 0.336 e. The topological polar surface area (TPSA) is 103 Å². The number of benzene rings is 2. The lowest BCUT2D eigenvalue weighted by Gasteiger charge is -2.39. The van der Waals surface area contributed by atoms with E-state index in [0.29, 0.717) is 60.7 Å². The highest BCUT2D eigenvalue weighted by atomic mass is 16.6. The first-order chi connectivity index (χ1) is 17.5. The third kappa shape index (κ3) is 4.87. The first-order valence-corrected chi connectivity index (χ1v) is 12.3. The Morgan fingerprint density at radius 2 is 1.58 bits per heavy atom. The normalized spacial score (nSPS) is 17.1. The van der Waals surface area contributed by atoms with Gasteiger partial charge in [0.2, 0.25) is 0 Å². The number of pyridine rings is 1. The van der Waals surface area contributed by atoms with Crippen LogP contribution in [0.4, 0.5) is 0 Å². The summed E-state index contributed by atoms with van der Waals surface area (Å²) in [6, 6.07) is 17.0. The molecule has 0 amide bonds. The Labute approximate surface area is 209 Å². The number of aromatic nitrogens is 1. The van der Waals surface area contributed by atoms with E-state index in [1.807, 2.05) is 54.6 Å². The standard InChI is InChI=1S/C27H29N5O4/c33-27(34)25-21-10-4-5-11-23(21)28-26(20-8-2-1-3-9-20)22(25)18-29-14-16-31(17-15-29)24(19-32(35)36)30-12-6-7-13-30/h1-5,8-11,19H,6-7,12-18H2,(H,33,34)/b24-19+. The molecule has 36 heavy (non-hydrogen) atoms. The Balaban J connectivity index is 1.45. The quantitative estimate of drug-likeness (QED) is 0.396. The van der Waals surface area contributed by atoms with Crippen LogP contribution in [-0.2, 0) is 6.54 Å². The third-order valence-electron chi connectivity index (χ3n) is 6.98. The molecule has 5 rings (SSSR count). The van der Waals surface area contributed by atoms with Crippen molar-refractivity contribution in [3.05, 3.63) is 87.9 Å². The van der Waals surface area contributed by atoms with Crippen molar-refractivity contribution >= 4 is 16.9 Å². The molecule has 9 heteroatoms. The van der Waals surface area contributed by atoms with Crippen LogP contribution in [0.5, 0.6) is 0 Å². The van der Waals surface area contributed by atoms with E-state index in [4.69, 9.17) is 4.98 Å². The molecule has 1 aromatic heterocycles. The fourth-order valence-corrected chi connectivity index (χ4v) is 5.25. The molecule has 2 saturated heterocycles. The van der Waals surface area contributed by atoms with Crippen molar-refractivity contribution in [3.63, 3.8) is 0 Å². The molecular formula is C27H29N5O4. The predicted octanol–water partition coefficient (Wildman–Crippen LogP) is 3.89. The Bertz CT molecular complexity index is 1300. The number of fused-ring (bicyclic) bond motifs is 1. The van der Waals surface area contributed by atoms with E-state index < -0.39 is 5.97 Å². The number of aromatic carboxylic acids is 1. The number of hydrogen-bond donors (Lipinski definition) is 1. The third-order valence-corrected chi connectivity index (χ3v) is 6.98. The molecule has 2 fully saturated rings. The number of rotatable bonds is 7. The summed E-state index contributed by atoms with van der Waals surface area (Å²) in [7, 11) is 0. The van der Waals surface area contributed by atoms with Crippen molar-refractivity contribution < 1.29 is 14.8 Å². The van der Waals surface area contributed by atoms with Gasteiger partial charge in [-0.15, -0.1) is 0 Å². The molecule has 2 aliphatic heterocycles. The van der Waals surface area contributed by atoms with Crippen LogP contribution >= 0.6 is 0 Å². The molecule has 2 aromatic carbocycles. The van der Waals surface area contributed by atoms with Gasteiger partial charge >= 0.3 is 5.97 Å². The van der Waals surface area contributed by atoms with Crippen LogP contribution in [0.3, 0.4) is 0 Å². The molecule has 2 aliphatic rings. The van der Waals surface area contributed by atoms with Gasteiger partial charge in [-0.25, -0.2) is 9.78 Å². The highest BCUT2D eigenvalue weighted by molar-refractivity contribution is 6.05. The number of carboxylic acids is 1. The molecule has 1 N–H and O–H groups in total. The second-order valence-corrected chi connectivity index (χ2v) is 9.23. The lowest BCUT2D eigenvalue weighted by molar-refractivity contribution is -0.405. The van der Waals surface area contributed by atoms with Gasteiger partial charge in [0.25, 0.3) is 6.20 Å². The van der Waals surface area contributed by atoms with Crippen molar-refractivity contribution in [2.45, 2.75) is 19.4 Å². The zero-order chi connectivity index (χ0) is 25.1. The Morgan fingerprint density at radius 1 is 0.944 bits per heavy atom. The number of carboxylic acid groups (broad SMARTS) is 1. The van der Waals surface area contributed by atoms with Gasteiger partial charge in [0.1, 0.15) is 0 Å². The van der Waals surface area contributed by atoms with E-state index in [2.05, 4.69) is 14.7 Å². The van der Waals surface area contributed by atoms with Gasteiger partial charge in [-0.05, 0) is 18.9 Å². The minimum Gasteiger partial charge on any atom is -0.478 e. The number of para-hydroxylation sites is 1. The minimum absolute atomic E-state index is 0.285. The van der Waals surface area contributed by atoms with Gasteiger partial charge in [-0.2, -0.15) is 0 Å². The summed E-state index contributed by atoms with van der Waals surface area (Å²) in [5.74, 6) is -0.287. The number of nitro groups is 1. The second kappa shape index (κ2) is 10.3. The molecule has 186 valence electrons. The fourth-order valence-electron chi connectivity index (χ4n) is 5.25. The SMILES string of the molecule is O=C(O)c1c(CN2CCN(/C(=C/[N+](=O)[O-])N3CCCC3)CC2)c(-c2ccccc2)nc2ccccc12. The van der Waals surface area contributed by atoms with Gasteiger partial charge in [-0.3, -0.25) is 15.0 Å². The van der Waals surface area contributed by atoms with Gasteiger partial charge in [-0.1, -0.05) is 48.5 Å². The highest BCUT2D eigenvalue weighted by Gasteiger charge is 2.28. The van der Waals surface area contributed by atoms with E-state index in [0.717, 1.165) is 37.7 Å². The molecule has 0 bridgehead atoms. The Hall–Kier alpha value is -3.98. The molecule has 0 unspecified atom stereocenters. The second-order valence-electron chi connectivity index (χ2n) is 9.23.